The molecule has 5 nitrogen and oxygen atoms in total. The van der Waals surface area contributed by atoms with Gasteiger partial charge in [-0.05, 0) is 36.4 Å². The number of amides is 1. The van der Waals surface area contributed by atoms with Gasteiger partial charge in [-0.1, -0.05) is 35.9 Å². The van der Waals surface area contributed by atoms with Crippen molar-refractivity contribution in [1.82, 2.24) is 4.98 Å². The van der Waals surface area contributed by atoms with Crippen LogP contribution >= 0.6 is 11.6 Å². The van der Waals surface area contributed by atoms with E-state index in [-0.39, 0.29) is 5.02 Å². The summed E-state index contributed by atoms with van der Waals surface area (Å²) in [5.41, 5.74) is 1.71. The van der Waals surface area contributed by atoms with Gasteiger partial charge in [0.1, 0.15) is 5.82 Å². The molecule has 7 heteroatoms. The SMILES string of the molecule is O=C(COC(=O)/C=C/c1ccc2ccccc2n1)Nc1ccc(F)c(Cl)c1. The van der Waals surface area contributed by atoms with Gasteiger partial charge in [0, 0.05) is 17.1 Å². The number of benzene rings is 2. The molecule has 0 aliphatic rings. The van der Waals surface area contributed by atoms with Crippen molar-refractivity contribution in [2.75, 3.05) is 11.9 Å². The number of pyridine rings is 1. The van der Waals surface area contributed by atoms with Crippen LogP contribution in [-0.4, -0.2) is 23.5 Å². The maximum Gasteiger partial charge on any atom is 0.331 e. The van der Waals surface area contributed by atoms with Crippen LogP contribution in [0.3, 0.4) is 0 Å². The van der Waals surface area contributed by atoms with Crippen LogP contribution in [0.15, 0.2) is 60.7 Å². The maximum atomic E-state index is 13.1. The van der Waals surface area contributed by atoms with Gasteiger partial charge in [0.2, 0.25) is 0 Å². The molecule has 0 unspecified atom stereocenters. The molecule has 1 N–H and O–H groups in total. The van der Waals surface area contributed by atoms with Crippen molar-refractivity contribution >= 4 is 46.1 Å². The molecule has 0 spiro atoms. The molecule has 0 saturated carbocycles. The molecule has 3 aromatic rings. The molecule has 1 amide bonds. The molecule has 136 valence electrons. The van der Waals surface area contributed by atoms with Crippen LogP contribution in [-0.2, 0) is 14.3 Å². The van der Waals surface area contributed by atoms with Crippen molar-refractivity contribution in [3.63, 3.8) is 0 Å². The number of hydrogen-bond donors (Lipinski definition) is 1. The lowest BCUT2D eigenvalue weighted by Crippen LogP contribution is -2.20. The average Bonchev–Trinajstić information content (AvgIpc) is 2.67. The number of hydrogen-bond acceptors (Lipinski definition) is 4. The summed E-state index contributed by atoms with van der Waals surface area (Å²) in [6, 6.07) is 15.0. The van der Waals surface area contributed by atoms with E-state index in [4.69, 9.17) is 16.3 Å². The lowest BCUT2D eigenvalue weighted by Gasteiger charge is -2.06. The van der Waals surface area contributed by atoms with Crippen molar-refractivity contribution in [2.24, 2.45) is 0 Å². The van der Waals surface area contributed by atoms with Gasteiger partial charge in [-0.2, -0.15) is 0 Å². The number of aromatic nitrogens is 1. The van der Waals surface area contributed by atoms with Crippen LogP contribution in [0.4, 0.5) is 10.1 Å². The molecule has 0 saturated heterocycles. The van der Waals surface area contributed by atoms with E-state index in [0.717, 1.165) is 17.0 Å². The average molecular weight is 385 g/mol. The lowest BCUT2D eigenvalue weighted by atomic mass is 10.2. The zero-order valence-corrected chi connectivity index (χ0v) is 14.7. The van der Waals surface area contributed by atoms with Gasteiger partial charge in [0.15, 0.2) is 6.61 Å². The number of esters is 1. The predicted octanol–water partition coefficient (Wildman–Crippen LogP) is 4.22. The molecule has 0 atom stereocenters. The van der Waals surface area contributed by atoms with E-state index in [1.54, 1.807) is 6.07 Å². The first kappa shape index (κ1) is 18.5. The Kier molecular flexibility index (Phi) is 5.78. The summed E-state index contributed by atoms with van der Waals surface area (Å²) < 4.78 is 17.9. The number of ether oxygens (including phenoxy) is 1. The largest absolute Gasteiger partial charge is 0.452 e. The number of halogens is 2. The molecule has 0 aliphatic carbocycles. The Bertz CT molecular complexity index is 1040. The fourth-order valence-corrected chi connectivity index (χ4v) is 2.46. The fourth-order valence-electron chi connectivity index (χ4n) is 2.28. The molecule has 0 radical (unpaired) electrons. The Labute approximate surface area is 159 Å². The minimum atomic E-state index is -0.683. The highest BCUT2D eigenvalue weighted by molar-refractivity contribution is 6.31. The van der Waals surface area contributed by atoms with E-state index in [1.807, 2.05) is 30.3 Å². The zero-order valence-electron chi connectivity index (χ0n) is 14.0. The Morgan fingerprint density at radius 1 is 1.15 bits per heavy atom. The number of carbonyl (C=O) groups excluding carboxylic acids is 2. The summed E-state index contributed by atoms with van der Waals surface area (Å²) in [5.74, 6) is -1.84. The van der Waals surface area contributed by atoms with Crippen molar-refractivity contribution < 1.29 is 18.7 Å². The summed E-state index contributed by atoms with van der Waals surface area (Å²) in [6.45, 7) is -0.483. The second-order valence-electron chi connectivity index (χ2n) is 5.55. The number of carbonyl (C=O) groups is 2. The highest BCUT2D eigenvalue weighted by atomic mass is 35.5. The van der Waals surface area contributed by atoms with Gasteiger partial charge in [-0.25, -0.2) is 14.2 Å². The molecule has 3 rings (SSSR count). The first-order valence-corrected chi connectivity index (χ1v) is 8.34. The van der Waals surface area contributed by atoms with E-state index in [2.05, 4.69) is 10.3 Å². The quantitative estimate of drug-likeness (QED) is 0.528. The van der Waals surface area contributed by atoms with Gasteiger partial charge in [-0.15, -0.1) is 0 Å². The molecule has 2 aromatic carbocycles. The summed E-state index contributed by atoms with van der Waals surface area (Å²) in [7, 11) is 0. The molecule has 0 bridgehead atoms. The highest BCUT2D eigenvalue weighted by Crippen LogP contribution is 2.19. The van der Waals surface area contributed by atoms with E-state index in [9.17, 15) is 14.0 Å². The number of para-hydroxylation sites is 1. The Hall–Kier alpha value is -3.25. The van der Waals surface area contributed by atoms with Crippen LogP contribution in [0.25, 0.3) is 17.0 Å². The van der Waals surface area contributed by atoms with Gasteiger partial charge in [-0.3, -0.25) is 4.79 Å². The monoisotopic (exact) mass is 384 g/mol. The van der Waals surface area contributed by atoms with E-state index < -0.39 is 24.3 Å². The third-order valence-electron chi connectivity index (χ3n) is 3.56. The molecule has 1 heterocycles. The first-order valence-electron chi connectivity index (χ1n) is 7.97. The summed E-state index contributed by atoms with van der Waals surface area (Å²) in [4.78, 5) is 27.9. The molecule has 27 heavy (non-hydrogen) atoms. The summed E-state index contributed by atoms with van der Waals surface area (Å²) in [6.07, 6.45) is 2.70. The second-order valence-corrected chi connectivity index (χ2v) is 5.95. The van der Waals surface area contributed by atoms with Crippen molar-refractivity contribution in [2.45, 2.75) is 0 Å². The summed E-state index contributed by atoms with van der Waals surface area (Å²) in [5, 5.41) is 3.34. The topological polar surface area (TPSA) is 68.3 Å². The predicted molar refractivity (Wildman–Crippen MR) is 102 cm³/mol. The van der Waals surface area contributed by atoms with Gasteiger partial charge < -0.3 is 10.1 Å². The van der Waals surface area contributed by atoms with Crippen LogP contribution in [0.1, 0.15) is 5.69 Å². The lowest BCUT2D eigenvalue weighted by molar-refractivity contribution is -0.142. The number of nitrogens with one attached hydrogen (secondary N) is 1. The normalized spacial score (nSPS) is 10.9. The molecule has 1 aromatic heterocycles. The van der Waals surface area contributed by atoms with Crippen LogP contribution < -0.4 is 5.32 Å². The first-order chi connectivity index (χ1) is 13.0. The standard InChI is InChI=1S/C20H14ClFN2O3/c21-16-11-15(7-9-17(16)22)24-19(25)12-27-20(26)10-8-14-6-5-13-3-1-2-4-18(13)23-14/h1-11H,12H2,(H,24,25)/b10-8+. The Balaban J connectivity index is 1.52. The molecular weight excluding hydrogens is 371 g/mol. The van der Waals surface area contributed by atoms with E-state index in [1.165, 1.54) is 24.3 Å². The molecule has 0 aliphatic heterocycles. The number of rotatable bonds is 5. The van der Waals surface area contributed by atoms with Crippen LogP contribution in [0.5, 0.6) is 0 Å². The number of nitrogens with zero attached hydrogens (tertiary/aromatic N) is 1. The minimum absolute atomic E-state index is 0.115. The van der Waals surface area contributed by atoms with Gasteiger partial charge >= 0.3 is 5.97 Å². The van der Waals surface area contributed by atoms with Crippen LogP contribution in [0.2, 0.25) is 5.02 Å². The number of anilines is 1. The maximum absolute atomic E-state index is 13.1. The van der Waals surface area contributed by atoms with Crippen molar-refractivity contribution in [3.8, 4) is 0 Å². The van der Waals surface area contributed by atoms with Crippen molar-refractivity contribution in [3.05, 3.63) is 77.2 Å². The Morgan fingerprint density at radius 3 is 2.78 bits per heavy atom. The van der Waals surface area contributed by atoms with Gasteiger partial charge in [0.25, 0.3) is 5.91 Å². The number of fused-ring (bicyclic) bond motifs is 1. The smallest absolute Gasteiger partial charge is 0.331 e. The van der Waals surface area contributed by atoms with Gasteiger partial charge in [0.05, 0.1) is 16.2 Å². The van der Waals surface area contributed by atoms with E-state index in [0.29, 0.717) is 11.4 Å². The minimum Gasteiger partial charge on any atom is -0.452 e. The fraction of sp³-hybridized carbons (Fsp3) is 0.0500. The molecule has 0 fully saturated rings. The summed E-state index contributed by atoms with van der Waals surface area (Å²) >= 11 is 5.63. The van der Waals surface area contributed by atoms with Crippen molar-refractivity contribution in [1.29, 1.82) is 0 Å². The second kappa shape index (κ2) is 8.42. The Morgan fingerprint density at radius 2 is 1.96 bits per heavy atom. The van der Waals surface area contributed by atoms with Crippen LogP contribution in [0, 0.1) is 5.82 Å². The third kappa shape index (κ3) is 5.12. The van der Waals surface area contributed by atoms with E-state index >= 15 is 0 Å². The third-order valence-corrected chi connectivity index (χ3v) is 3.85. The molecular formula is C20H14ClFN2O3. The highest BCUT2D eigenvalue weighted by Gasteiger charge is 2.07. The zero-order chi connectivity index (χ0) is 19.2.